The molecule has 1 amide bonds. The Bertz CT molecular complexity index is 500. The average Bonchev–Trinajstić information content (AvgIpc) is 2.50. The number of benzene rings is 1. The predicted octanol–water partition coefficient (Wildman–Crippen LogP) is 3.99. The number of methoxy groups -OCH3 is 1. The number of carbonyl (C=O) groups is 2. The summed E-state index contributed by atoms with van der Waals surface area (Å²) < 4.78 is 5.06. The van der Waals surface area contributed by atoms with Gasteiger partial charge in [-0.25, -0.2) is 0 Å². The summed E-state index contributed by atoms with van der Waals surface area (Å²) in [5.74, 6) is 0.825. The molecule has 0 aliphatic heterocycles. The van der Waals surface area contributed by atoms with Gasteiger partial charge >= 0.3 is 0 Å². The second-order valence-electron chi connectivity index (χ2n) is 7.02. The largest absolute Gasteiger partial charge is 0.497 e. The van der Waals surface area contributed by atoms with Gasteiger partial charge in [-0.3, -0.25) is 9.59 Å². The third kappa shape index (κ3) is 8.38. The molecule has 1 rings (SSSR count). The van der Waals surface area contributed by atoms with Gasteiger partial charge in [0.15, 0.2) is 5.78 Å². The predicted molar refractivity (Wildman–Crippen MR) is 92.9 cm³/mol. The summed E-state index contributed by atoms with van der Waals surface area (Å²) in [7, 11) is 1.59. The summed E-state index contributed by atoms with van der Waals surface area (Å²) in [6, 6.07) is 7.06. The maximum absolute atomic E-state index is 12.0. The minimum Gasteiger partial charge on any atom is -0.497 e. The Morgan fingerprint density at radius 3 is 2.26 bits per heavy atom. The molecular weight excluding hydrogens is 290 g/mol. The van der Waals surface area contributed by atoms with Crippen molar-refractivity contribution in [1.82, 2.24) is 5.32 Å². The van der Waals surface area contributed by atoms with Gasteiger partial charge in [0, 0.05) is 24.9 Å². The zero-order valence-corrected chi connectivity index (χ0v) is 14.8. The van der Waals surface area contributed by atoms with Crippen LogP contribution in [0.2, 0.25) is 0 Å². The highest BCUT2D eigenvalue weighted by Crippen LogP contribution is 2.19. The van der Waals surface area contributed by atoms with E-state index in [0.29, 0.717) is 36.8 Å². The molecule has 0 unspecified atom stereocenters. The first-order valence-corrected chi connectivity index (χ1v) is 8.26. The number of carbonyl (C=O) groups excluding carboxylic acids is 2. The molecule has 0 aliphatic rings. The minimum atomic E-state index is 0.0291. The van der Waals surface area contributed by atoms with Crippen molar-refractivity contribution in [3.8, 4) is 5.75 Å². The third-order valence-corrected chi connectivity index (χ3v) is 3.65. The fourth-order valence-electron chi connectivity index (χ4n) is 2.27. The van der Waals surface area contributed by atoms with Crippen LogP contribution >= 0.6 is 0 Å². The lowest BCUT2D eigenvalue weighted by Crippen LogP contribution is -2.25. The van der Waals surface area contributed by atoms with Crippen LogP contribution in [0.3, 0.4) is 0 Å². The van der Waals surface area contributed by atoms with Gasteiger partial charge in [0.25, 0.3) is 0 Å². The summed E-state index contributed by atoms with van der Waals surface area (Å²) in [6.07, 6.45) is 3.44. The number of ketones is 1. The summed E-state index contributed by atoms with van der Waals surface area (Å²) in [4.78, 5) is 23.8. The Morgan fingerprint density at radius 1 is 1.04 bits per heavy atom. The lowest BCUT2D eigenvalue weighted by atomic mass is 9.91. The molecule has 23 heavy (non-hydrogen) atoms. The molecule has 0 spiro atoms. The van der Waals surface area contributed by atoms with Gasteiger partial charge < -0.3 is 10.1 Å². The van der Waals surface area contributed by atoms with Gasteiger partial charge in [0.05, 0.1) is 7.11 Å². The Kier molecular flexibility index (Phi) is 7.79. The standard InChI is InChI=1S/C19H29NO3/c1-19(2,3)13-6-14-20-18(22)8-5-7-17(21)15-9-11-16(23-4)12-10-15/h9-12H,5-8,13-14H2,1-4H3,(H,20,22). The van der Waals surface area contributed by atoms with Gasteiger partial charge in [-0.05, 0) is 48.9 Å². The van der Waals surface area contributed by atoms with E-state index in [4.69, 9.17) is 4.74 Å². The molecule has 0 fully saturated rings. The van der Waals surface area contributed by atoms with Crippen LogP contribution < -0.4 is 10.1 Å². The number of ether oxygens (including phenoxy) is 1. The SMILES string of the molecule is COc1ccc(C(=O)CCCC(=O)NCCCC(C)(C)C)cc1. The topological polar surface area (TPSA) is 55.4 Å². The molecule has 0 saturated heterocycles. The van der Waals surface area contributed by atoms with Gasteiger partial charge in [0.2, 0.25) is 5.91 Å². The average molecular weight is 319 g/mol. The van der Waals surface area contributed by atoms with Crippen molar-refractivity contribution in [2.75, 3.05) is 13.7 Å². The zero-order valence-electron chi connectivity index (χ0n) is 14.8. The number of hydrogen-bond acceptors (Lipinski definition) is 3. The van der Waals surface area contributed by atoms with Gasteiger partial charge in [-0.15, -0.1) is 0 Å². The fourth-order valence-corrected chi connectivity index (χ4v) is 2.27. The van der Waals surface area contributed by atoms with Crippen LogP contribution in [-0.2, 0) is 4.79 Å². The maximum Gasteiger partial charge on any atom is 0.220 e. The van der Waals surface area contributed by atoms with Crippen LogP contribution in [0.25, 0.3) is 0 Å². The van der Waals surface area contributed by atoms with E-state index in [9.17, 15) is 9.59 Å². The van der Waals surface area contributed by atoms with E-state index in [0.717, 1.165) is 18.6 Å². The van der Waals surface area contributed by atoms with E-state index in [-0.39, 0.29) is 11.7 Å². The van der Waals surface area contributed by atoms with Gasteiger partial charge in [0.1, 0.15) is 5.75 Å². The van der Waals surface area contributed by atoms with E-state index in [1.54, 1.807) is 31.4 Å². The molecule has 0 heterocycles. The molecule has 4 heteroatoms. The molecule has 128 valence electrons. The maximum atomic E-state index is 12.0. The van der Waals surface area contributed by atoms with Crippen LogP contribution in [0.1, 0.15) is 63.2 Å². The number of amides is 1. The van der Waals surface area contributed by atoms with Crippen molar-refractivity contribution in [2.45, 2.75) is 52.9 Å². The lowest BCUT2D eigenvalue weighted by Gasteiger charge is -2.17. The quantitative estimate of drug-likeness (QED) is 0.553. The van der Waals surface area contributed by atoms with Crippen molar-refractivity contribution in [1.29, 1.82) is 0 Å². The minimum absolute atomic E-state index is 0.0291. The Balaban J connectivity index is 2.19. The number of nitrogens with one attached hydrogen (secondary N) is 1. The fraction of sp³-hybridized carbons (Fsp3) is 0.579. The Morgan fingerprint density at radius 2 is 1.70 bits per heavy atom. The first kappa shape index (κ1) is 19.2. The highest BCUT2D eigenvalue weighted by atomic mass is 16.5. The highest BCUT2D eigenvalue weighted by Gasteiger charge is 2.10. The van der Waals surface area contributed by atoms with Crippen LogP contribution in [0, 0.1) is 5.41 Å². The van der Waals surface area contributed by atoms with Crippen molar-refractivity contribution >= 4 is 11.7 Å². The zero-order chi connectivity index (χ0) is 17.3. The molecule has 1 N–H and O–H groups in total. The van der Waals surface area contributed by atoms with E-state index >= 15 is 0 Å². The molecule has 0 aromatic heterocycles. The number of rotatable bonds is 9. The first-order valence-electron chi connectivity index (χ1n) is 8.26. The van der Waals surface area contributed by atoms with E-state index in [1.807, 2.05) is 0 Å². The van der Waals surface area contributed by atoms with Crippen molar-refractivity contribution in [3.63, 3.8) is 0 Å². The van der Waals surface area contributed by atoms with Gasteiger partial charge in [-0.2, -0.15) is 0 Å². The summed E-state index contributed by atoms with van der Waals surface area (Å²) in [5.41, 5.74) is 0.964. The Labute approximate surface area is 139 Å². The van der Waals surface area contributed by atoms with Crippen LogP contribution in [0.4, 0.5) is 0 Å². The third-order valence-electron chi connectivity index (χ3n) is 3.65. The van der Waals surface area contributed by atoms with E-state index in [1.165, 1.54) is 0 Å². The molecule has 1 aromatic carbocycles. The smallest absolute Gasteiger partial charge is 0.220 e. The Hall–Kier alpha value is -1.84. The van der Waals surface area contributed by atoms with Crippen molar-refractivity contribution in [2.24, 2.45) is 5.41 Å². The van der Waals surface area contributed by atoms with E-state index < -0.39 is 0 Å². The molecule has 0 saturated carbocycles. The van der Waals surface area contributed by atoms with Crippen molar-refractivity contribution in [3.05, 3.63) is 29.8 Å². The molecule has 0 atom stereocenters. The van der Waals surface area contributed by atoms with Crippen LogP contribution in [-0.4, -0.2) is 25.3 Å². The van der Waals surface area contributed by atoms with Crippen LogP contribution in [0.5, 0.6) is 5.75 Å². The second kappa shape index (κ2) is 9.33. The number of hydrogen-bond donors (Lipinski definition) is 1. The first-order chi connectivity index (χ1) is 10.8. The monoisotopic (exact) mass is 319 g/mol. The highest BCUT2D eigenvalue weighted by molar-refractivity contribution is 5.96. The van der Waals surface area contributed by atoms with Crippen molar-refractivity contribution < 1.29 is 14.3 Å². The second-order valence-corrected chi connectivity index (χ2v) is 7.02. The molecule has 0 bridgehead atoms. The van der Waals surface area contributed by atoms with Crippen LogP contribution in [0.15, 0.2) is 24.3 Å². The normalized spacial score (nSPS) is 11.1. The summed E-state index contributed by atoms with van der Waals surface area (Å²) in [6.45, 7) is 7.29. The number of Topliss-reactive ketones (excluding diaryl/α,β-unsaturated/α-hetero) is 1. The molecule has 0 radical (unpaired) electrons. The summed E-state index contributed by atoms with van der Waals surface area (Å²) in [5, 5.41) is 2.92. The molecule has 4 nitrogen and oxygen atoms in total. The van der Waals surface area contributed by atoms with Gasteiger partial charge in [-0.1, -0.05) is 20.8 Å². The molecule has 0 aliphatic carbocycles. The molecular formula is C19H29NO3. The van der Waals surface area contributed by atoms with E-state index in [2.05, 4.69) is 26.1 Å². The lowest BCUT2D eigenvalue weighted by molar-refractivity contribution is -0.121. The summed E-state index contributed by atoms with van der Waals surface area (Å²) >= 11 is 0. The molecule has 1 aromatic rings.